The molecule has 0 N–H and O–H groups in total. The predicted octanol–water partition coefficient (Wildman–Crippen LogP) is 4.99. The first kappa shape index (κ1) is 14.9. The largest absolute Gasteiger partial charge is 0.294 e. The van der Waals surface area contributed by atoms with E-state index in [1.807, 2.05) is 18.2 Å². The summed E-state index contributed by atoms with van der Waals surface area (Å²) in [6.45, 7) is 4.25. The van der Waals surface area contributed by atoms with Crippen molar-refractivity contribution in [2.24, 2.45) is 5.92 Å². The molecule has 1 nitrogen and oxygen atoms in total. The molecular weight excluding hydrogens is 220 g/mol. The van der Waals surface area contributed by atoms with Crippen LogP contribution in [0.25, 0.3) is 0 Å². The Morgan fingerprint density at radius 2 is 1.83 bits per heavy atom. The second-order valence-electron chi connectivity index (χ2n) is 5.09. The van der Waals surface area contributed by atoms with Crippen molar-refractivity contribution in [3.63, 3.8) is 0 Å². The Balaban J connectivity index is 0.000000492. The van der Waals surface area contributed by atoms with E-state index in [9.17, 15) is 4.79 Å². The Morgan fingerprint density at radius 1 is 1.17 bits per heavy atom. The third kappa shape index (κ3) is 5.03. The molecule has 0 atom stereocenters. The monoisotopic (exact) mass is 246 g/mol. The van der Waals surface area contributed by atoms with Crippen LogP contribution >= 0.6 is 0 Å². The zero-order valence-corrected chi connectivity index (χ0v) is 11.8. The highest BCUT2D eigenvalue weighted by molar-refractivity contribution is 6.00. The maximum absolute atomic E-state index is 12.2. The number of hydrogen-bond acceptors (Lipinski definition) is 1. The van der Waals surface area contributed by atoms with E-state index in [2.05, 4.69) is 26.0 Å². The van der Waals surface area contributed by atoms with Crippen molar-refractivity contribution in [2.45, 2.75) is 58.8 Å². The molecule has 0 heterocycles. The molecule has 0 radical (unpaired) electrons. The van der Waals surface area contributed by atoms with E-state index in [0.29, 0.717) is 11.7 Å². The lowest BCUT2D eigenvalue weighted by atomic mass is 9.83. The van der Waals surface area contributed by atoms with Crippen molar-refractivity contribution in [1.29, 1.82) is 0 Å². The van der Waals surface area contributed by atoms with E-state index >= 15 is 0 Å². The van der Waals surface area contributed by atoms with Crippen LogP contribution in [0.3, 0.4) is 0 Å². The fourth-order valence-corrected chi connectivity index (χ4v) is 2.34. The molecule has 0 aromatic rings. The van der Waals surface area contributed by atoms with Crippen LogP contribution in [0.15, 0.2) is 36.0 Å². The van der Waals surface area contributed by atoms with E-state index in [1.165, 1.54) is 25.7 Å². The molecule has 1 heteroatoms. The highest BCUT2D eigenvalue weighted by Gasteiger charge is 2.22. The van der Waals surface area contributed by atoms with Gasteiger partial charge in [0.1, 0.15) is 0 Å². The van der Waals surface area contributed by atoms with E-state index in [1.54, 1.807) is 0 Å². The zero-order valence-electron chi connectivity index (χ0n) is 11.8. The first-order chi connectivity index (χ1) is 8.79. The third-order valence-corrected chi connectivity index (χ3v) is 3.24. The number of Topliss-reactive ketones (excluding diaryl/α,β-unsaturated/α-hetero) is 1. The number of ketones is 1. The normalized spacial score (nSPS) is 19.6. The smallest absolute Gasteiger partial charge is 0.165 e. The quantitative estimate of drug-likeness (QED) is 0.670. The minimum Gasteiger partial charge on any atom is -0.294 e. The molecule has 2 aliphatic carbocycles. The number of allylic oxidation sites excluding steroid dienone is 6. The Morgan fingerprint density at radius 3 is 2.50 bits per heavy atom. The second kappa shape index (κ2) is 8.91. The molecule has 1 saturated carbocycles. The van der Waals surface area contributed by atoms with Crippen molar-refractivity contribution < 1.29 is 4.79 Å². The van der Waals surface area contributed by atoms with Gasteiger partial charge in [-0.05, 0) is 19.3 Å². The van der Waals surface area contributed by atoms with Gasteiger partial charge < -0.3 is 0 Å². The van der Waals surface area contributed by atoms with E-state index in [0.717, 1.165) is 24.8 Å². The minimum atomic E-state index is 0.293. The number of carbonyl (C=O) groups excluding carboxylic acids is 1. The molecule has 0 unspecified atom stereocenters. The maximum Gasteiger partial charge on any atom is 0.165 e. The molecule has 2 aliphatic rings. The van der Waals surface area contributed by atoms with Crippen LogP contribution in [0.1, 0.15) is 58.8 Å². The van der Waals surface area contributed by atoms with Gasteiger partial charge in [0.15, 0.2) is 5.78 Å². The summed E-state index contributed by atoms with van der Waals surface area (Å²) in [4.78, 5) is 12.2. The fourth-order valence-electron chi connectivity index (χ4n) is 2.34. The van der Waals surface area contributed by atoms with Crippen molar-refractivity contribution in [3.05, 3.63) is 36.0 Å². The van der Waals surface area contributed by atoms with Crippen molar-refractivity contribution in [2.75, 3.05) is 0 Å². The lowest BCUT2D eigenvalue weighted by Gasteiger charge is -2.20. The van der Waals surface area contributed by atoms with Gasteiger partial charge >= 0.3 is 0 Å². The maximum atomic E-state index is 12.2. The van der Waals surface area contributed by atoms with Crippen LogP contribution < -0.4 is 0 Å². The van der Waals surface area contributed by atoms with Gasteiger partial charge in [0.05, 0.1) is 0 Å². The summed E-state index contributed by atoms with van der Waals surface area (Å²) in [5, 5.41) is 0. The summed E-state index contributed by atoms with van der Waals surface area (Å²) in [5.41, 5.74) is 0.899. The van der Waals surface area contributed by atoms with Gasteiger partial charge in [0.2, 0.25) is 0 Å². The van der Waals surface area contributed by atoms with Crippen LogP contribution in [0.4, 0.5) is 0 Å². The summed E-state index contributed by atoms with van der Waals surface area (Å²) >= 11 is 0. The van der Waals surface area contributed by atoms with E-state index < -0.39 is 0 Å². The SMILES string of the molecule is CCC.O=C(C1=CC=CCC=C1)C1CCCCC1. The highest BCUT2D eigenvalue weighted by Crippen LogP contribution is 2.27. The first-order valence-electron chi connectivity index (χ1n) is 7.37. The lowest BCUT2D eigenvalue weighted by molar-refractivity contribution is -0.119. The summed E-state index contributed by atoms with van der Waals surface area (Å²) in [6.07, 6.45) is 18.2. The molecule has 2 rings (SSSR count). The van der Waals surface area contributed by atoms with Crippen LogP contribution in [0, 0.1) is 5.92 Å². The molecule has 100 valence electrons. The first-order valence-corrected chi connectivity index (χ1v) is 7.37. The van der Waals surface area contributed by atoms with Gasteiger partial charge in [-0.3, -0.25) is 4.79 Å². The third-order valence-electron chi connectivity index (χ3n) is 3.24. The lowest BCUT2D eigenvalue weighted by Crippen LogP contribution is -2.18. The number of hydrogen-bond donors (Lipinski definition) is 0. The van der Waals surface area contributed by atoms with E-state index in [4.69, 9.17) is 0 Å². The second-order valence-corrected chi connectivity index (χ2v) is 5.09. The van der Waals surface area contributed by atoms with Crippen molar-refractivity contribution in [1.82, 2.24) is 0 Å². The summed E-state index contributed by atoms with van der Waals surface area (Å²) in [5.74, 6) is 0.652. The molecule has 0 saturated heterocycles. The molecule has 18 heavy (non-hydrogen) atoms. The van der Waals surface area contributed by atoms with Gasteiger partial charge in [-0.2, -0.15) is 0 Å². The minimum absolute atomic E-state index is 0.293. The fraction of sp³-hybridized carbons (Fsp3) is 0.588. The highest BCUT2D eigenvalue weighted by atomic mass is 16.1. The molecule has 0 spiro atoms. The van der Waals surface area contributed by atoms with Gasteiger partial charge in [0.25, 0.3) is 0 Å². The average Bonchev–Trinajstić information content (AvgIpc) is 2.69. The van der Waals surface area contributed by atoms with Crippen molar-refractivity contribution in [3.8, 4) is 0 Å². The number of rotatable bonds is 2. The van der Waals surface area contributed by atoms with Crippen molar-refractivity contribution >= 4 is 5.78 Å². The van der Waals surface area contributed by atoms with Gasteiger partial charge in [-0.25, -0.2) is 0 Å². The summed E-state index contributed by atoms with van der Waals surface area (Å²) < 4.78 is 0. The molecule has 0 aliphatic heterocycles. The molecule has 1 fully saturated rings. The van der Waals surface area contributed by atoms with Crippen LogP contribution in [-0.4, -0.2) is 5.78 Å². The molecule has 0 amide bonds. The van der Waals surface area contributed by atoms with Crippen LogP contribution in [0.2, 0.25) is 0 Å². The molecule has 0 bridgehead atoms. The Bertz CT molecular complexity index is 328. The standard InChI is InChI=1S/C14H18O.C3H8/c15-14(13-10-6-3-7-11-13)12-8-4-1-2-5-9-12;1-3-2/h1,4-5,8-9,13H,2-3,6-7,10-11H2;3H2,1-2H3. The van der Waals surface area contributed by atoms with Crippen LogP contribution in [0.5, 0.6) is 0 Å². The Kier molecular flexibility index (Phi) is 7.40. The Hall–Kier alpha value is -1.11. The van der Waals surface area contributed by atoms with Gasteiger partial charge in [0, 0.05) is 11.5 Å². The Labute approximate surface area is 112 Å². The predicted molar refractivity (Wildman–Crippen MR) is 78.5 cm³/mol. The summed E-state index contributed by atoms with van der Waals surface area (Å²) in [6, 6.07) is 0. The topological polar surface area (TPSA) is 17.1 Å². The van der Waals surface area contributed by atoms with Gasteiger partial charge in [-0.15, -0.1) is 0 Å². The van der Waals surface area contributed by atoms with Gasteiger partial charge in [-0.1, -0.05) is 69.9 Å². The molecular formula is C17H26O. The van der Waals surface area contributed by atoms with Crippen LogP contribution in [-0.2, 0) is 4.79 Å². The number of carbonyl (C=O) groups is 1. The molecule has 0 aromatic carbocycles. The average molecular weight is 246 g/mol. The van der Waals surface area contributed by atoms with E-state index in [-0.39, 0.29) is 0 Å². The molecule has 0 aromatic heterocycles. The zero-order chi connectivity index (χ0) is 13.2. The summed E-state index contributed by atoms with van der Waals surface area (Å²) in [7, 11) is 0.